The standard InChI is InChI=1S/C12H16FNO2.ClH/c1-16-9-4-2-3-8(13)10(9)11(14)12(15)7-5-6-7;/h2-4,7,11-12,15H,5-6,14H2,1H3;1H/t11-,12+;/m0./s1. The van der Waals surface area contributed by atoms with Crippen LogP contribution in [0.4, 0.5) is 4.39 Å². The number of hydrogen-bond donors (Lipinski definition) is 2. The van der Waals surface area contributed by atoms with Crippen LogP contribution in [0.25, 0.3) is 0 Å². The summed E-state index contributed by atoms with van der Waals surface area (Å²) in [5.41, 5.74) is 6.15. The Bertz CT molecular complexity index is 385. The molecule has 0 radical (unpaired) electrons. The molecule has 0 heterocycles. The smallest absolute Gasteiger partial charge is 0.131 e. The summed E-state index contributed by atoms with van der Waals surface area (Å²) in [5, 5.41) is 9.91. The monoisotopic (exact) mass is 261 g/mol. The molecule has 0 spiro atoms. The Hall–Kier alpha value is -0.840. The van der Waals surface area contributed by atoms with Gasteiger partial charge in [-0.2, -0.15) is 0 Å². The van der Waals surface area contributed by atoms with Crippen LogP contribution < -0.4 is 10.5 Å². The zero-order valence-corrected chi connectivity index (χ0v) is 10.4. The van der Waals surface area contributed by atoms with Gasteiger partial charge >= 0.3 is 0 Å². The predicted octanol–water partition coefficient (Wildman–Crippen LogP) is 2.03. The third kappa shape index (κ3) is 2.89. The highest BCUT2D eigenvalue weighted by molar-refractivity contribution is 5.85. The van der Waals surface area contributed by atoms with Gasteiger partial charge in [-0.3, -0.25) is 0 Å². The maximum Gasteiger partial charge on any atom is 0.131 e. The Balaban J connectivity index is 0.00000144. The van der Waals surface area contributed by atoms with Crippen molar-refractivity contribution in [1.82, 2.24) is 0 Å². The van der Waals surface area contributed by atoms with E-state index in [0.29, 0.717) is 5.75 Å². The summed E-state index contributed by atoms with van der Waals surface area (Å²) in [6.07, 6.45) is 1.24. The number of hydrogen-bond acceptors (Lipinski definition) is 3. The molecule has 1 saturated carbocycles. The van der Waals surface area contributed by atoms with Crippen LogP contribution in [-0.2, 0) is 0 Å². The Kier molecular flexibility index (Phi) is 4.74. The van der Waals surface area contributed by atoms with Crippen molar-refractivity contribution in [3.05, 3.63) is 29.6 Å². The maximum absolute atomic E-state index is 13.7. The molecule has 1 aromatic carbocycles. The topological polar surface area (TPSA) is 55.5 Å². The zero-order chi connectivity index (χ0) is 11.7. The summed E-state index contributed by atoms with van der Waals surface area (Å²) in [6.45, 7) is 0. The summed E-state index contributed by atoms with van der Waals surface area (Å²) in [6, 6.07) is 3.83. The van der Waals surface area contributed by atoms with Gasteiger partial charge in [0.2, 0.25) is 0 Å². The van der Waals surface area contributed by atoms with Crippen LogP contribution in [0.1, 0.15) is 24.4 Å². The van der Waals surface area contributed by atoms with Crippen LogP contribution in [-0.4, -0.2) is 18.3 Å². The molecule has 0 aromatic heterocycles. The van der Waals surface area contributed by atoms with E-state index >= 15 is 0 Å². The fraction of sp³-hybridized carbons (Fsp3) is 0.500. The van der Waals surface area contributed by atoms with Crippen LogP contribution in [0.5, 0.6) is 5.75 Å². The van der Waals surface area contributed by atoms with Gasteiger partial charge in [0, 0.05) is 5.56 Å². The summed E-state index contributed by atoms with van der Waals surface area (Å²) >= 11 is 0. The summed E-state index contributed by atoms with van der Waals surface area (Å²) < 4.78 is 18.7. The molecule has 0 unspecified atom stereocenters. The first-order valence-corrected chi connectivity index (χ1v) is 5.41. The highest BCUT2D eigenvalue weighted by Gasteiger charge is 2.36. The SMILES string of the molecule is COc1cccc(F)c1[C@H](N)[C@H](O)C1CC1.Cl. The molecule has 3 N–H and O–H groups in total. The van der Waals surface area contributed by atoms with E-state index in [0.717, 1.165) is 12.8 Å². The van der Waals surface area contributed by atoms with Gasteiger partial charge in [0.15, 0.2) is 0 Å². The van der Waals surface area contributed by atoms with Gasteiger partial charge in [0.05, 0.1) is 19.3 Å². The molecule has 0 amide bonds. The summed E-state index contributed by atoms with van der Waals surface area (Å²) in [4.78, 5) is 0. The quantitative estimate of drug-likeness (QED) is 0.872. The van der Waals surface area contributed by atoms with Gasteiger partial charge < -0.3 is 15.6 Å². The van der Waals surface area contributed by atoms with Crippen LogP contribution in [0, 0.1) is 11.7 Å². The summed E-state index contributed by atoms with van der Waals surface area (Å²) in [7, 11) is 1.47. The Morgan fingerprint density at radius 1 is 1.47 bits per heavy atom. The van der Waals surface area contributed by atoms with Crippen molar-refractivity contribution < 1.29 is 14.2 Å². The Labute approximate surface area is 106 Å². The molecule has 1 aliphatic carbocycles. The van der Waals surface area contributed by atoms with Crippen LogP contribution in [0.15, 0.2) is 18.2 Å². The van der Waals surface area contributed by atoms with Gasteiger partial charge in [-0.05, 0) is 30.9 Å². The first-order chi connectivity index (χ1) is 7.65. The lowest BCUT2D eigenvalue weighted by Gasteiger charge is -2.21. The van der Waals surface area contributed by atoms with E-state index in [1.54, 1.807) is 12.1 Å². The molecular weight excluding hydrogens is 245 g/mol. The number of aliphatic hydroxyl groups excluding tert-OH is 1. The highest BCUT2D eigenvalue weighted by atomic mass is 35.5. The van der Waals surface area contributed by atoms with Crippen molar-refractivity contribution in [3.63, 3.8) is 0 Å². The van der Waals surface area contributed by atoms with Gasteiger partial charge in [-0.25, -0.2) is 4.39 Å². The average Bonchev–Trinajstić information content (AvgIpc) is 3.10. The van der Waals surface area contributed by atoms with Gasteiger partial charge in [-0.15, -0.1) is 12.4 Å². The first kappa shape index (κ1) is 14.2. The molecule has 0 bridgehead atoms. The molecule has 1 aromatic rings. The van der Waals surface area contributed by atoms with Crippen molar-refractivity contribution in [3.8, 4) is 5.75 Å². The summed E-state index contributed by atoms with van der Waals surface area (Å²) in [5.74, 6) is 0.179. The Morgan fingerprint density at radius 3 is 2.65 bits per heavy atom. The lowest BCUT2D eigenvalue weighted by Crippen LogP contribution is -2.29. The van der Waals surface area contributed by atoms with Crippen LogP contribution in [0.3, 0.4) is 0 Å². The fourth-order valence-electron chi connectivity index (χ4n) is 1.92. The second kappa shape index (κ2) is 5.67. The molecular formula is C12H17ClFNO2. The minimum absolute atomic E-state index is 0. The third-order valence-electron chi connectivity index (χ3n) is 3.04. The number of halogens is 2. The zero-order valence-electron chi connectivity index (χ0n) is 9.60. The van der Waals surface area contributed by atoms with E-state index in [1.807, 2.05) is 0 Å². The predicted molar refractivity (Wildman–Crippen MR) is 65.9 cm³/mol. The highest BCUT2D eigenvalue weighted by Crippen LogP contribution is 2.39. The minimum Gasteiger partial charge on any atom is -0.496 e. The number of methoxy groups -OCH3 is 1. The van der Waals surface area contributed by atoms with E-state index in [1.165, 1.54) is 13.2 Å². The molecule has 96 valence electrons. The minimum atomic E-state index is -0.719. The third-order valence-corrected chi connectivity index (χ3v) is 3.04. The molecule has 5 heteroatoms. The molecule has 2 rings (SSSR count). The van der Waals surface area contributed by atoms with Crippen molar-refractivity contribution in [2.24, 2.45) is 11.7 Å². The number of ether oxygens (including phenoxy) is 1. The number of aliphatic hydroxyl groups is 1. The van der Waals surface area contributed by atoms with Gasteiger partial charge in [0.25, 0.3) is 0 Å². The molecule has 17 heavy (non-hydrogen) atoms. The largest absolute Gasteiger partial charge is 0.496 e. The van der Waals surface area contributed by atoms with Crippen molar-refractivity contribution in [1.29, 1.82) is 0 Å². The number of rotatable bonds is 4. The van der Waals surface area contributed by atoms with Crippen LogP contribution >= 0.6 is 12.4 Å². The Morgan fingerprint density at radius 2 is 2.12 bits per heavy atom. The van der Waals surface area contributed by atoms with Crippen molar-refractivity contribution in [2.75, 3.05) is 7.11 Å². The second-order valence-corrected chi connectivity index (χ2v) is 4.21. The van der Waals surface area contributed by atoms with Crippen LogP contribution in [0.2, 0.25) is 0 Å². The first-order valence-electron chi connectivity index (χ1n) is 5.41. The van der Waals surface area contributed by atoms with E-state index in [4.69, 9.17) is 10.5 Å². The number of nitrogens with two attached hydrogens (primary N) is 1. The molecule has 2 atom stereocenters. The molecule has 1 fully saturated rings. The van der Waals surface area contributed by atoms with Crippen molar-refractivity contribution in [2.45, 2.75) is 25.0 Å². The van der Waals surface area contributed by atoms with E-state index in [9.17, 15) is 9.50 Å². The number of benzene rings is 1. The van der Waals surface area contributed by atoms with E-state index < -0.39 is 18.0 Å². The van der Waals surface area contributed by atoms with Gasteiger partial charge in [0.1, 0.15) is 11.6 Å². The molecule has 0 saturated heterocycles. The van der Waals surface area contributed by atoms with Gasteiger partial charge in [-0.1, -0.05) is 6.07 Å². The maximum atomic E-state index is 13.7. The normalized spacial score (nSPS) is 18.1. The molecule has 0 aliphatic heterocycles. The van der Waals surface area contributed by atoms with E-state index in [-0.39, 0.29) is 23.9 Å². The second-order valence-electron chi connectivity index (χ2n) is 4.21. The lowest BCUT2D eigenvalue weighted by molar-refractivity contribution is 0.119. The molecule has 3 nitrogen and oxygen atoms in total. The fourth-order valence-corrected chi connectivity index (χ4v) is 1.92. The molecule has 1 aliphatic rings. The lowest BCUT2D eigenvalue weighted by atomic mass is 9.97. The van der Waals surface area contributed by atoms with E-state index in [2.05, 4.69) is 0 Å². The van der Waals surface area contributed by atoms with Crippen molar-refractivity contribution >= 4 is 12.4 Å². The average molecular weight is 262 g/mol.